The molecule has 2 aromatic rings. The van der Waals surface area contributed by atoms with Gasteiger partial charge in [-0.25, -0.2) is 4.39 Å². The van der Waals surface area contributed by atoms with Gasteiger partial charge in [0.05, 0.1) is 0 Å². The maximum Gasteiger partial charge on any atom is 0.126 e. The number of hydrogen-bond donors (Lipinski definition) is 2. The van der Waals surface area contributed by atoms with Gasteiger partial charge in [0, 0.05) is 12.6 Å². The van der Waals surface area contributed by atoms with Crippen LogP contribution in [-0.2, 0) is 6.54 Å². The van der Waals surface area contributed by atoms with Crippen LogP contribution in [0.5, 0.6) is 11.5 Å². The third-order valence-corrected chi connectivity index (χ3v) is 2.82. The molecule has 2 aromatic carbocycles. The van der Waals surface area contributed by atoms with Gasteiger partial charge in [-0.2, -0.15) is 0 Å². The average Bonchev–Trinajstić information content (AvgIpc) is 2.51. The summed E-state index contributed by atoms with van der Waals surface area (Å²) in [5.41, 5.74) is 6.50. The molecule has 5 heteroatoms. The third-order valence-electron chi connectivity index (χ3n) is 2.82. The average molecular weight is 291 g/mol. The lowest BCUT2D eigenvalue weighted by Crippen LogP contribution is -2.25. The Morgan fingerprint density at radius 1 is 1.00 bits per heavy atom. The Kier molecular flexibility index (Phi) is 5.54. The second kappa shape index (κ2) is 7.61. The van der Waals surface area contributed by atoms with Gasteiger partial charge in [-0.3, -0.25) is 0 Å². The molecular weight excluding hydrogens is 273 g/mol. The van der Waals surface area contributed by atoms with E-state index in [1.165, 1.54) is 12.1 Å². The lowest BCUT2D eigenvalue weighted by molar-refractivity contribution is 0.0625. The molecule has 3 N–H and O–H groups in total. The van der Waals surface area contributed by atoms with E-state index in [9.17, 15) is 9.50 Å². The lowest BCUT2D eigenvalue weighted by Gasteiger charge is -2.14. The summed E-state index contributed by atoms with van der Waals surface area (Å²) in [4.78, 5) is 0. The zero-order valence-electron chi connectivity index (χ0n) is 11.5. The molecule has 2 rings (SSSR count). The number of hydrogen-bond acceptors (Lipinski definition) is 4. The quantitative estimate of drug-likeness (QED) is 0.820. The standard InChI is InChI=1S/C16H18FNO3/c17-13-4-2-6-16(8-13)21-11-14(19)10-20-15-5-1-3-12(7-15)9-18/h1-8,14,19H,9-11,18H2. The first-order valence-electron chi connectivity index (χ1n) is 6.65. The van der Waals surface area contributed by atoms with Crippen molar-refractivity contribution in [1.82, 2.24) is 0 Å². The van der Waals surface area contributed by atoms with Crippen LogP contribution in [-0.4, -0.2) is 24.4 Å². The second-order valence-corrected chi connectivity index (χ2v) is 4.58. The van der Waals surface area contributed by atoms with Gasteiger partial charge in [0.25, 0.3) is 0 Å². The molecule has 0 saturated heterocycles. The Bertz CT molecular complexity index is 577. The predicted molar refractivity (Wildman–Crippen MR) is 77.7 cm³/mol. The third kappa shape index (κ3) is 5.06. The first kappa shape index (κ1) is 15.3. The van der Waals surface area contributed by atoms with Crippen LogP contribution in [0.3, 0.4) is 0 Å². The summed E-state index contributed by atoms with van der Waals surface area (Å²) < 4.78 is 23.7. The van der Waals surface area contributed by atoms with Crippen LogP contribution in [0.15, 0.2) is 48.5 Å². The predicted octanol–water partition coefficient (Wildman–Crippen LogP) is 2.10. The zero-order chi connectivity index (χ0) is 15.1. The van der Waals surface area contributed by atoms with Crippen LogP contribution >= 0.6 is 0 Å². The molecule has 1 unspecified atom stereocenters. The largest absolute Gasteiger partial charge is 0.491 e. The highest BCUT2D eigenvalue weighted by Gasteiger charge is 2.07. The van der Waals surface area contributed by atoms with Crippen LogP contribution in [0.25, 0.3) is 0 Å². The molecule has 0 aliphatic heterocycles. The molecule has 4 nitrogen and oxygen atoms in total. The Labute approximate surface area is 122 Å². The number of rotatable bonds is 7. The second-order valence-electron chi connectivity index (χ2n) is 4.58. The van der Waals surface area contributed by atoms with E-state index in [0.717, 1.165) is 5.56 Å². The Balaban J connectivity index is 1.78. The normalized spacial score (nSPS) is 12.0. The van der Waals surface area contributed by atoms with Crippen molar-refractivity contribution < 1.29 is 19.0 Å². The van der Waals surface area contributed by atoms with E-state index in [-0.39, 0.29) is 19.0 Å². The number of ether oxygens (including phenoxy) is 2. The number of halogens is 1. The SMILES string of the molecule is NCc1cccc(OCC(O)COc2cccc(F)c2)c1. The van der Waals surface area contributed by atoms with E-state index in [1.54, 1.807) is 18.2 Å². The van der Waals surface area contributed by atoms with E-state index in [4.69, 9.17) is 15.2 Å². The van der Waals surface area contributed by atoms with Crippen molar-refractivity contribution in [3.05, 3.63) is 59.9 Å². The summed E-state index contributed by atoms with van der Waals surface area (Å²) in [5.74, 6) is 0.638. The van der Waals surface area contributed by atoms with Crippen molar-refractivity contribution in [1.29, 1.82) is 0 Å². The zero-order valence-corrected chi connectivity index (χ0v) is 11.5. The van der Waals surface area contributed by atoms with Crippen molar-refractivity contribution in [2.75, 3.05) is 13.2 Å². The Morgan fingerprint density at radius 2 is 1.62 bits per heavy atom. The molecule has 0 spiro atoms. The minimum absolute atomic E-state index is 0.0278. The summed E-state index contributed by atoms with van der Waals surface area (Å²) in [6.45, 7) is 0.547. The molecule has 1 atom stereocenters. The van der Waals surface area contributed by atoms with Crippen LogP contribution in [0.4, 0.5) is 4.39 Å². The highest BCUT2D eigenvalue weighted by atomic mass is 19.1. The highest BCUT2D eigenvalue weighted by molar-refractivity contribution is 5.28. The smallest absolute Gasteiger partial charge is 0.126 e. The van der Waals surface area contributed by atoms with Gasteiger partial charge in [0.2, 0.25) is 0 Å². The molecule has 112 valence electrons. The van der Waals surface area contributed by atoms with Crippen LogP contribution < -0.4 is 15.2 Å². The fourth-order valence-electron chi connectivity index (χ4n) is 1.75. The van der Waals surface area contributed by atoms with E-state index in [1.807, 2.05) is 18.2 Å². The monoisotopic (exact) mass is 291 g/mol. The van der Waals surface area contributed by atoms with Crippen LogP contribution in [0.1, 0.15) is 5.56 Å². The maximum absolute atomic E-state index is 13.0. The summed E-state index contributed by atoms with van der Waals surface area (Å²) in [5, 5.41) is 9.80. The first-order chi connectivity index (χ1) is 10.2. The number of benzene rings is 2. The molecule has 0 heterocycles. The fourth-order valence-corrected chi connectivity index (χ4v) is 1.75. The van der Waals surface area contributed by atoms with Gasteiger partial charge in [0.1, 0.15) is 36.6 Å². The van der Waals surface area contributed by atoms with Gasteiger partial charge in [-0.1, -0.05) is 18.2 Å². The summed E-state index contributed by atoms with van der Waals surface area (Å²) >= 11 is 0. The molecule has 0 aromatic heterocycles. The first-order valence-corrected chi connectivity index (χ1v) is 6.65. The van der Waals surface area contributed by atoms with Crippen molar-refractivity contribution in [3.63, 3.8) is 0 Å². The fraction of sp³-hybridized carbons (Fsp3) is 0.250. The number of aliphatic hydroxyl groups is 1. The minimum atomic E-state index is -0.810. The summed E-state index contributed by atoms with van der Waals surface area (Å²) in [7, 11) is 0. The van der Waals surface area contributed by atoms with E-state index in [0.29, 0.717) is 18.0 Å². The van der Waals surface area contributed by atoms with E-state index < -0.39 is 6.10 Å². The topological polar surface area (TPSA) is 64.7 Å². The van der Waals surface area contributed by atoms with Crippen molar-refractivity contribution in [2.24, 2.45) is 5.73 Å². The lowest BCUT2D eigenvalue weighted by atomic mass is 10.2. The minimum Gasteiger partial charge on any atom is -0.491 e. The van der Waals surface area contributed by atoms with Gasteiger partial charge in [0.15, 0.2) is 0 Å². The van der Waals surface area contributed by atoms with Gasteiger partial charge in [-0.05, 0) is 29.8 Å². The summed E-state index contributed by atoms with van der Waals surface area (Å²) in [6.07, 6.45) is -0.810. The van der Waals surface area contributed by atoms with Crippen LogP contribution in [0.2, 0.25) is 0 Å². The van der Waals surface area contributed by atoms with Gasteiger partial charge < -0.3 is 20.3 Å². The van der Waals surface area contributed by atoms with Gasteiger partial charge in [-0.15, -0.1) is 0 Å². The van der Waals surface area contributed by atoms with Gasteiger partial charge >= 0.3 is 0 Å². The molecule has 0 aliphatic carbocycles. The Morgan fingerprint density at radius 3 is 2.24 bits per heavy atom. The van der Waals surface area contributed by atoms with Crippen molar-refractivity contribution in [3.8, 4) is 11.5 Å². The molecule has 0 fully saturated rings. The molecule has 0 aliphatic rings. The maximum atomic E-state index is 13.0. The summed E-state index contributed by atoms with van der Waals surface area (Å²) in [6, 6.07) is 13.1. The molecule has 0 amide bonds. The number of nitrogens with two attached hydrogens (primary N) is 1. The molecule has 0 saturated carbocycles. The molecule has 0 bridgehead atoms. The molecular formula is C16H18FNO3. The van der Waals surface area contributed by atoms with E-state index in [2.05, 4.69) is 0 Å². The Hall–Kier alpha value is -2.11. The molecule has 0 radical (unpaired) electrons. The highest BCUT2D eigenvalue weighted by Crippen LogP contribution is 2.14. The van der Waals surface area contributed by atoms with Crippen LogP contribution in [0, 0.1) is 5.82 Å². The number of aliphatic hydroxyl groups excluding tert-OH is 1. The van der Waals surface area contributed by atoms with Crippen molar-refractivity contribution >= 4 is 0 Å². The van der Waals surface area contributed by atoms with E-state index >= 15 is 0 Å². The van der Waals surface area contributed by atoms with Crippen molar-refractivity contribution in [2.45, 2.75) is 12.6 Å². The molecule has 21 heavy (non-hydrogen) atoms.